The number of halogens is 3. The fourth-order valence-electron chi connectivity index (χ4n) is 0.591. The van der Waals surface area contributed by atoms with Crippen LogP contribution in [0, 0.1) is 0 Å². The van der Waals surface area contributed by atoms with Gasteiger partial charge in [-0.3, -0.25) is 10.2 Å². The number of nitrogens with one attached hydrogen (secondary N) is 3. The molecule has 0 aliphatic carbocycles. The summed E-state index contributed by atoms with van der Waals surface area (Å²) in [6.45, 7) is -0.197. The Kier molecular flexibility index (Phi) is 4.85. The van der Waals surface area contributed by atoms with Crippen LogP contribution in [0.3, 0.4) is 0 Å². The highest BCUT2D eigenvalue weighted by molar-refractivity contribution is 5.84. The molecule has 0 saturated heterocycles. The first-order valence-electron chi connectivity index (χ1n) is 3.81. The van der Waals surface area contributed by atoms with Gasteiger partial charge >= 0.3 is 12.3 Å². The van der Waals surface area contributed by atoms with Gasteiger partial charge in [0, 0.05) is 0 Å². The average Bonchev–Trinajstić information content (AvgIpc) is 2.00. The van der Waals surface area contributed by atoms with Crippen LogP contribution in [0.2, 0.25) is 0 Å². The van der Waals surface area contributed by atoms with E-state index >= 15 is 0 Å². The molecule has 0 unspecified atom stereocenters. The minimum Gasteiger partial charge on any atom is -0.465 e. The van der Waals surface area contributed by atoms with E-state index < -0.39 is 30.8 Å². The molecule has 4 N–H and O–H groups in total. The van der Waals surface area contributed by atoms with Crippen molar-refractivity contribution in [3.8, 4) is 0 Å². The lowest BCUT2D eigenvalue weighted by atomic mass is 10.3. The summed E-state index contributed by atoms with van der Waals surface area (Å²) in [6, 6.07) is -1.14. The summed E-state index contributed by atoms with van der Waals surface area (Å²) in [5.41, 5.74) is 3.33. The summed E-state index contributed by atoms with van der Waals surface area (Å²) in [5, 5.41) is 9.97. The molecule has 0 spiro atoms. The number of carbonyl (C=O) groups excluding carboxylic acids is 1. The zero-order chi connectivity index (χ0) is 12.1. The van der Waals surface area contributed by atoms with Gasteiger partial charge in [-0.15, -0.1) is 0 Å². The molecule has 0 aliphatic heterocycles. The first kappa shape index (κ1) is 13.5. The van der Waals surface area contributed by atoms with Crippen LogP contribution in [-0.4, -0.2) is 35.9 Å². The molecule has 0 aromatic rings. The SMILES string of the molecule is C[C@@H](NC(=O)O)C(=O)NNCC(F)(F)F. The molecular formula is C6H10F3N3O3. The fraction of sp³-hybridized carbons (Fsp3) is 0.667. The van der Waals surface area contributed by atoms with Crippen LogP contribution in [0.4, 0.5) is 18.0 Å². The monoisotopic (exact) mass is 229 g/mol. The number of hydrogen-bond donors (Lipinski definition) is 4. The molecule has 0 aromatic heterocycles. The van der Waals surface area contributed by atoms with E-state index in [1.807, 2.05) is 0 Å². The van der Waals surface area contributed by atoms with Crippen molar-refractivity contribution in [1.29, 1.82) is 0 Å². The lowest BCUT2D eigenvalue weighted by Crippen LogP contribution is -2.51. The Hall–Kier alpha value is -1.51. The molecule has 0 radical (unpaired) electrons. The van der Waals surface area contributed by atoms with Crippen LogP contribution in [0.15, 0.2) is 0 Å². The largest absolute Gasteiger partial charge is 0.465 e. The molecule has 0 fully saturated rings. The van der Waals surface area contributed by atoms with Gasteiger partial charge in [0.15, 0.2) is 0 Å². The summed E-state index contributed by atoms with van der Waals surface area (Å²) in [6.07, 6.45) is -5.88. The molecule has 88 valence electrons. The molecule has 15 heavy (non-hydrogen) atoms. The standard InChI is InChI=1S/C6H10F3N3O3/c1-3(11-5(14)15)4(13)12-10-2-6(7,8)9/h3,10-11H,2H2,1H3,(H,12,13)(H,14,15)/t3-/m1/s1. The van der Waals surface area contributed by atoms with Crippen LogP contribution in [0.1, 0.15) is 6.92 Å². The fourth-order valence-corrected chi connectivity index (χ4v) is 0.591. The Morgan fingerprint density at radius 1 is 1.40 bits per heavy atom. The van der Waals surface area contributed by atoms with Crippen molar-refractivity contribution in [2.24, 2.45) is 0 Å². The maximum Gasteiger partial charge on any atom is 0.405 e. The predicted octanol–water partition coefficient (Wildman–Crippen LogP) is -0.174. The highest BCUT2D eigenvalue weighted by Gasteiger charge is 2.27. The second kappa shape index (κ2) is 5.39. The Bertz CT molecular complexity index is 244. The summed E-state index contributed by atoms with van der Waals surface area (Å²) < 4.78 is 34.8. The molecule has 1 atom stereocenters. The third kappa shape index (κ3) is 7.55. The summed E-state index contributed by atoms with van der Waals surface area (Å²) in [7, 11) is 0. The number of carboxylic acid groups (broad SMARTS) is 1. The summed E-state index contributed by atoms with van der Waals surface area (Å²) in [4.78, 5) is 21.0. The third-order valence-corrected chi connectivity index (χ3v) is 1.23. The van der Waals surface area contributed by atoms with Gasteiger partial charge in [-0.2, -0.15) is 13.2 Å². The maximum atomic E-state index is 11.6. The Labute approximate surface area is 82.8 Å². The first-order valence-corrected chi connectivity index (χ1v) is 3.81. The van der Waals surface area contributed by atoms with E-state index in [2.05, 4.69) is 0 Å². The second-order valence-electron chi connectivity index (χ2n) is 2.63. The number of hydrazine groups is 1. The van der Waals surface area contributed by atoms with Gasteiger partial charge in [0.05, 0.1) is 0 Å². The van der Waals surface area contributed by atoms with Crippen LogP contribution in [0.25, 0.3) is 0 Å². The van der Waals surface area contributed by atoms with Gasteiger partial charge in [0.1, 0.15) is 12.6 Å². The molecule has 2 amide bonds. The van der Waals surface area contributed by atoms with E-state index in [9.17, 15) is 22.8 Å². The average molecular weight is 229 g/mol. The number of carbonyl (C=O) groups is 2. The first-order chi connectivity index (χ1) is 6.72. The van der Waals surface area contributed by atoms with E-state index in [4.69, 9.17) is 5.11 Å². The normalized spacial score (nSPS) is 13.1. The van der Waals surface area contributed by atoms with Crippen LogP contribution >= 0.6 is 0 Å². The van der Waals surface area contributed by atoms with Crippen LogP contribution in [-0.2, 0) is 4.79 Å². The van der Waals surface area contributed by atoms with Crippen molar-refractivity contribution in [3.05, 3.63) is 0 Å². The van der Waals surface area contributed by atoms with Gasteiger partial charge in [-0.1, -0.05) is 0 Å². The quantitative estimate of drug-likeness (QED) is 0.503. The predicted molar refractivity (Wildman–Crippen MR) is 42.8 cm³/mol. The van der Waals surface area contributed by atoms with Crippen molar-refractivity contribution in [3.63, 3.8) is 0 Å². The molecule has 6 nitrogen and oxygen atoms in total. The molecule has 0 saturated carbocycles. The van der Waals surface area contributed by atoms with E-state index in [0.29, 0.717) is 0 Å². The Morgan fingerprint density at radius 3 is 2.33 bits per heavy atom. The van der Waals surface area contributed by atoms with Crippen molar-refractivity contribution < 1.29 is 27.9 Å². The van der Waals surface area contributed by atoms with Gasteiger partial charge in [0.2, 0.25) is 0 Å². The van der Waals surface area contributed by atoms with Gasteiger partial charge in [0.25, 0.3) is 5.91 Å². The second-order valence-corrected chi connectivity index (χ2v) is 2.63. The zero-order valence-corrected chi connectivity index (χ0v) is 7.68. The summed E-state index contributed by atoms with van der Waals surface area (Å²) in [5.74, 6) is -0.901. The van der Waals surface area contributed by atoms with Gasteiger partial charge in [-0.05, 0) is 6.92 Å². The number of amides is 2. The molecule has 0 rings (SSSR count). The van der Waals surface area contributed by atoms with E-state index in [1.165, 1.54) is 6.92 Å². The minimum atomic E-state index is -4.45. The topological polar surface area (TPSA) is 90.5 Å². The van der Waals surface area contributed by atoms with E-state index in [0.717, 1.165) is 0 Å². The van der Waals surface area contributed by atoms with Crippen molar-refractivity contribution in [2.75, 3.05) is 6.54 Å². The lowest BCUT2D eigenvalue weighted by molar-refractivity contribution is -0.133. The minimum absolute atomic E-state index is 0.901. The highest BCUT2D eigenvalue weighted by Crippen LogP contribution is 2.11. The van der Waals surface area contributed by atoms with Crippen molar-refractivity contribution in [2.45, 2.75) is 19.1 Å². The zero-order valence-electron chi connectivity index (χ0n) is 7.68. The number of hydrogen-bond acceptors (Lipinski definition) is 3. The van der Waals surface area contributed by atoms with Crippen molar-refractivity contribution >= 4 is 12.0 Å². The number of rotatable bonds is 4. The van der Waals surface area contributed by atoms with Crippen LogP contribution in [0.5, 0.6) is 0 Å². The third-order valence-electron chi connectivity index (χ3n) is 1.23. The highest BCUT2D eigenvalue weighted by atomic mass is 19.4. The van der Waals surface area contributed by atoms with Gasteiger partial charge in [-0.25, -0.2) is 10.2 Å². The molecule has 0 bridgehead atoms. The maximum absolute atomic E-state index is 11.6. The molecule has 0 heterocycles. The smallest absolute Gasteiger partial charge is 0.405 e. The molecule has 0 aliphatic rings. The Balaban J connectivity index is 3.79. The number of alkyl halides is 3. The van der Waals surface area contributed by atoms with Crippen molar-refractivity contribution in [1.82, 2.24) is 16.2 Å². The molecule has 9 heteroatoms. The molecule has 0 aromatic carbocycles. The Morgan fingerprint density at radius 2 is 1.93 bits per heavy atom. The van der Waals surface area contributed by atoms with E-state index in [1.54, 1.807) is 16.2 Å². The lowest BCUT2D eigenvalue weighted by Gasteiger charge is -2.13. The molecular weight excluding hydrogens is 219 g/mol. The van der Waals surface area contributed by atoms with E-state index in [-0.39, 0.29) is 0 Å². The summed E-state index contributed by atoms with van der Waals surface area (Å²) >= 11 is 0. The van der Waals surface area contributed by atoms with Gasteiger partial charge < -0.3 is 10.4 Å². The van der Waals surface area contributed by atoms with Crippen LogP contribution < -0.4 is 16.2 Å².